The minimum Gasteiger partial charge on any atom is -0.317 e. The van der Waals surface area contributed by atoms with Gasteiger partial charge in [-0.25, -0.2) is 8.78 Å². The summed E-state index contributed by atoms with van der Waals surface area (Å²) in [5, 5.41) is 3.51. The van der Waals surface area contributed by atoms with Crippen molar-refractivity contribution in [2.24, 2.45) is 5.92 Å². The number of halogens is 3. The lowest BCUT2D eigenvalue weighted by molar-refractivity contribution is 0.366. The molecule has 16 heavy (non-hydrogen) atoms. The van der Waals surface area contributed by atoms with Crippen LogP contribution in [0.5, 0.6) is 0 Å². The van der Waals surface area contributed by atoms with E-state index in [9.17, 15) is 8.78 Å². The zero-order valence-electron chi connectivity index (χ0n) is 8.90. The first-order valence-corrected chi connectivity index (χ1v) is 5.89. The molecule has 0 aromatic heterocycles. The number of hydrogen-bond acceptors (Lipinski definition) is 1. The Labute approximate surface area is 98.8 Å². The molecule has 1 heterocycles. The summed E-state index contributed by atoms with van der Waals surface area (Å²) >= 11 is 5.72. The number of rotatable bonds is 2. The normalized spacial score (nSPS) is 17.7. The standard InChI is InChI=1S/C12H14ClF2N/c13-10-6-9(12(15)11(14)7-10)5-8-1-3-16-4-2-8/h6-8,16H,1-5H2. The maximum absolute atomic E-state index is 13.5. The lowest BCUT2D eigenvalue weighted by atomic mass is 9.91. The van der Waals surface area contributed by atoms with Gasteiger partial charge in [0.25, 0.3) is 0 Å². The van der Waals surface area contributed by atoms with Gasteiger partial charge in [-0.15, -0.1) is 0 Å². The molecule has 0 aliphatic carbocycles. The molecule has 88 valence electrons. The predicted molar refractivity (Wildman–Crippen MR) is 60.7 cm³/mol. The first-order valence-electron chi connectivity index (χ1n) is 5.51. The molecule has 1 fully saturated rings. The lowest BCUT2D eigenvalue weighted by Crippen LogP contribution is -2.28. The molecule has 1 nitrogen and oxygen atoms in total. The van der Waals surface area contributed by atoms with Crippen LogP contribution in [-0.2, 0) is 6.42 Å². The van der Waals surface area contributed by atoms with Crippen molar-refractivity contribution in [3.05, 3.63) is 34.4 Å². The molecule has 1 aromatic rings. The first-order chi connectivity index (χ1) is 7.66. The van der Waals surface area contributed by atoms with Gasteiger partial charge in [-0.2, -0.15) is 0 Å². The fraction of sp³-hybridized carbons (Fsp3) is 0.500. The molecule has 1 saturated heterocycles. The molecule has 0 unspecified atom stereocenters. The maximum Gasteiger partial charge on any atom is 0.162 e. The average Bonchev–Trinajstić information content (AvgIpc) is 2.27. The summed E-state index contributed by atoms with van der Waals surface area (Å²) in [6, 6.07) is 2.55. The van der Waals surface area contributed by atoms with Gasteiger partial charge in [0.05, 0.1) is 0 Å². The SMILES string of the molecule is Fc1cc(Cl)cc(CC2CCNCC2)c1F. The third-order valence-corrected chi connectivity index (χ3v) is 3.25. The van der Waals surface area contributed by atoms with Crippen LogP contribution in [0.1, 0.15) is 18.4 Å². The number of nitrogens with one attached hydrogen (secondary N) is 1. The summed E-state index contributed by atoms with van der Waals surface area (Å²) in [6.45, 7) is 1.91. The zero-order chi connectivity index (χ0) is 11.5. The Morgan fingerprint density at radius 2 is 1.94 bits per heavy atom. The van der Waals surface area contributed by atoms with Crippen LogP contribution in [-0.4, -0.2) is 13.1 Å². The van der Waals surface area contributed by atoms with Crippen LogP contribution < -0.4 is 5.32 Å². The molecule has 1 N–H and O–H groups in total. The van der Waals surface area contributed by atoms with Gasteiger partial charge in [0.15, 0.2) is 11.6 Å². The van der Waals surface area contributed by atoms with E-state index < -0.39 is 11.6 Å². The van der Waals surface area contributed by atoms with E-state index in [1.54, 1.807) is 0 Å². The van der Waals surface area contributed by atoms with E-state index in [0.29, 0.717) is 17.9 Å². The summed E-state index contributed by atoms with van der Waals surface area (Å²) in [5.41, 5.74) is 0.400. The summed E-state index contributed by atoms with van der Waals surface area (Å²) in [6.07, 6.45) is 2.59. The Bertz CT molecular complexity index is 376. The number of benzene rings is 1. The molecular formula is C12H14ClF2N. The second-order valence-electron chi connectivity index (χ2n) is 4.26. The van der Waals surface area contributed by atoms with Crippen LogP contribution in [0.4, 0.5) is 8.78 Å². The van der Waals surface area contributed by atoms with Crippen molar-refractivity contribution in [3.63, 3.8) is 0 Å². The maximum atomic E-state index is 13.5. The molecule has 0 spiro atoms. The van der Waals surface area contributed by atoms with Gasteiger partial charge >= 0.3 is 0 Å². The van der Waals surface area contributed by atoms with Crippen molar-refractivity contribution in [1.29, 1.82) is 0 Å². The highest BCUT2D eigenvalue weighted by Crippen LogP contribution is 2.24. The largest absolute Gasteiger partial charge is 0.317 e. The Balaban J connectivity index is 2.13. The Morgan fingerprint density at radius 1 is 1.25 bits per heavy atom. The van der Waals surface area contributed by atoms with Crippen LogP contribution in [0.2, 0.25) is 5.02 Å². The summed E-state index contributed by atoms with van der Waals surface area (Å²) in [4.78, 5) is 0. The molecule has 0 saturated carbocycles. The molecule has 4 heteroatoms. The average molecular weight is 246 g/mol. The molecule has 0 bridgehead atoms. The summed E-state index contributed by atoms with van der Waals surface area (Å²) in [5.74, 6) is -1.17. The van der Waals surface area contributed by atoms with Crippen molar-refractivity contribution in [3.8, 4) is 0 Å². The minimum absolute atomic E-state index is 0.267. The molecule has 2 rings (SSSR count). The molecule has 1 aliphatic rings. The highest BCUT2D eigenvalue weighted by atomic mass is 35.5. The van der Waals surface area contributed by atoms with E-state index in [1.807, 2.05) is 0 Å². The fourth-order valence-corrected chi connectivity index (χ4v) is 2.38. The van der Waals surface area contributed by atoms with Crippen LogP contribution in [0.3, 0.4) is 0 Å². The van der Waals surface area contributed by atoms with Crippen LogP contribution >= 0.6 is 11.6 Å². The number of piperidine rings is 1. The summed E-state index contributed by atoms with van der Waals surface area (Å²) < 4.78 is 26.6. The topological polar surface area (TPSA) is 12.0 Å². The van der Waals surface area contributed by atoms with Crippen molar-refractivity contribution < 1.29 is 8.78 Å². The van der Waals surface area contributed by atoms with Gasteiger partial charge in [0, 0.05) is 5.02 Å². The van der Waals surface area contributed by atoms with Gasteiger partial charge in [-0.1, -0.05) is 11.6 Å². The first kappa shape index (κ1) is 11.8. The van der Waals surface area contributed by atoms with Crippen molar-refractivity contribution in [2.45, 2.75) is 19.3 Å². The number of hydrogen-bond donors (Lipinski definition) is 1. The smallest absolute Gasteiger partial charge is 0.162 e. The molecule has 0 atom stereocenters. The Hall–Kier alpha value is -0.670. The van der Waals surface area contributed by atoms with Crippen LogP contribution in [0, 0.1) is 17.6 Å². The van der Waals surface area contributed by atoms with Crippen LogP contribution in [0.15, 0.2) is 12.1 Å². The van der Waals surface area contributed by atoms with Crippen LogP contribution in [0.25, 0.3) is 0 Å². The third-order valence-electron chi connectivity index (χ3n) is 3.04. The Kier molecular flexibility index (Phi) is 3.77. The van der Waals surface area contributed by atoms with E-state index in [2.05, 4.69) is 5.32 Å². The van der Waals surface area contributed by atoms with Gasteiger partial charge in [0.2, 0.25) is 0 Å². The van der Waals surface area contributed by atoms with E-state index in [0.717, 1.165) is 32.0 Å². The monoisotopic (exact) mass is 245 g/mol. The Morgan fingerprint density at radius 3 is 2.62 bits per heavy atom. The quantitative estimate of drug-likeness (QED) is 0.790. The molecule has 0 amide bonds. The highest BCUT2D eigenvalue weighted by Gasteiger charge is 2.17. The fourth-order valence-electron chi connectivity index (χ4n) is 2.15. The van der Waals surface area contributed by atoms with Gasteiger partial charge in [-0.05, 0) is 56.0 Å². The van der Waals surface area contributed by atoms with E-state index >= 15 is 0 Å². The van der Waals surface area contributed by atoms with E-state index in [4.69, 9.17) is 11.6 Å². The van der Waals surface area contributed by atoms with Crippen molar-refractivity contribution >= 4 is 11.6 Å². The van der Waals surface area contributed by atoms with Crippen molar-refractivity contribution in [1.82, 2.24) is 5.32 Å². The zero-order valence-corrected chi connectivity index (χ0v) is 9.66. The van der Waals surface area contributed by atoms with Crippen molar-refractivity contribution in [2.75, 3.05) is 13.1 Å². The summed E-state index contributed by atoms with van der Waals surface area (Å²) in [7, 11) is 0. The van der Waals surface area contributed by atoms with Gasteiger partial charge in [0.1, 0.15) is 0 Å². The van der Waals surface area contributed by atoms with E-state index in [1.165, 1.54) is 6.07 Å². The molecular weight excluding hydrogens is 232 g/mol. The second-order valence-corrected chi connectivity index (χ2v) is 4.69. The minimum atomic E-state index is -0.851. The molecule has 1 aliphatic heterocycles. The molecule has 0 radical (unpaired) electrons. The lowest BCUT2D eigenvalue weighted by Gasteiger charge is -2.22. The van der Waals surface area contributed by atoms with Gasteiger partial charge < -0.3 is 5.32 Å². The van der Waals surface area contributed by atoms with E-state index in [-0.39, 0.29) is 5.02 Å². The highest BCUT2D eigenvalue weighted by molar-refractivity contribution is 6.30. The second kappa shape index (κ2) is 5.11. The third kappa shape index (κ3) is 2.71. The van der Waals surface area contributed by atoms with Gasteiger partial charge in [-0.3, -0.25) is 0 Å². The predicted octanol–water partition coefficient (Wildman–Crippen LogP) is 3.16. The molecule has 1 aromatic carbocycles.